The average molecular weight is 172 g/mol. The minimum atomic E-state index is 0.442. The first-order valence-electron chi connectivity index (χ1n) is 4.28. The average Bonchev–Trinajstić information content (AvgIpc) is 2.69. The summed E-state index contributed by atoms with van der Waals surface area (Å²) in [5.41, 5.74) is 5.39. The van der Waals surface area contributed by atoms with Crippen LogP contribution in [0, 0.1) is 5.92 Å². The third-order valence-electron chi connectivity index (χ3n) is 2.15. The number of thiocarbonyl (C=S) groups is 1. The van der Waals surface area contributed by atoms with E-state index in [9.17, 15) is 0 Å². The molecule has 3 N–H and O–H groups in total. The minimum Gasteiger partial charge on any atom is -0.376 e. The number of nitrogens with two attached hydrogens (primary N) is 1. The summed E-state index contributed by atoms with van der Waals surface area (Å²) in [6, 6.07) is 0.514. The Balaban J connectivity index is 2.17. The Morgan fingerprint density at radius 2 is 2.36 bits per heavy atom. The first-order valence-corrected chi connectivity index (χ1v) is 4.69. The number of rotatable bonds is 4. The van der Waals surface area contributed by atoms with Gasteiger partial charge < -0.3 is 11.1 Å². The predicted molar refractivity (Wildman–Crippen MR) is 51.3 cm³/mol. The van der Waals surface area contributed by atoms with E-state index in [4.69, 9.17) is 18.0 Å². The lowest BCUT2D eigenvalue weighted by molar-refractivity contribution is 0.512. The van der Waals surface area contributed by atoms with Gasteiger partial charge in [0.05, 0.1) is 0 Å². The third-order valence-corrected chi connectivity index (χ3v) is 2.27. The van der Waals surface area contributed by atoms with Gasteiger partial charge in [-0.15, -0.1) is 0 Å². The monoisotopic (exact) mass is 172 g/mol. The molecule has 2 nitrogen and oxygen atoms in total. The van der Waals surface area contributed by atoms with Crippen LogP contribution in [0.15, 0.2) is 0 Å². The molecule has 0 heterocycles. The number of hydrogen-bond acceptors (Lipinski definition) is 1. The van der Waals surface area contributed by atoms with Crippen LogP contribution in [0.25, 0.3) is 0 Å². The van der Waals surface area contributed by atoms with Crippen LogP contribution in [-0.2, 0) is 0 Å². The lowest BCUT2D eigenvalue weighted by atomic mass is 10.1. The molecule has 64 valence electrons. The molecule has 0 aliphatic heterocycles. The lowest BCUT2D eigenvalue weighted by Gasteiger charge is -2.15. The number of nitrogens with one attached hydrogen (secondary N) is 1. The highest BCUT2D eigenvalue weighted by Crippen LogP contribution is 2.33. The van der Waals surface area contributed by atoms with Crippen molar-refractivity contribution in [1.29, 1.82) is 0 Å². The summed E-state index contributed by atoms with van der Waals surface area (Å²) < 4.78 is 0. The van der Waals surface area contributed by atoms with Crippen molar-refractivity contribution in [2.24, 2.45) is 11.7 Å². The number of hydrogen-bond donors (Lipinski definition) is 2. The van der Waals surface area contributed by atoms with Crippen LogP contribution in [-0.4, -0.2) is 11.2 Å². The van der Waals surface area contributed by atoms with E-state index >= 15 is 0 Å². The minimum absolute atomic E-state index is 0.442. The first-order chi connectivity index (χ1) is 5.22. The molecule has 0 aromatic carbocycles. The van der Waals surface area contributed by atoms with Gasteiger partial charge in [-0.3, -0.25) is 0 Å². The van der Waals surface area contributed by atoms with E-state index in [2.05, 4.69) is 12.2 Å². The highest BCUT2D eigenvalue weighted by Gasteiger charge is 2.24. The van der Waals surface area contributed by atoms with Crippen LogP contribution in [0.5, 0.6) is 0 Å². The molecule has 1 unspecified atom stereocenters. The zero-order valence-corrected chi connectivity index (χ0v) is 7.79. The van der Waals surface area contributed by atoms with Crippen molar-refractivity contribution in [3.63, 3.8) is 0 Å². The normalized spacial score (nSPS) is 19.4. The Labute approximate surface area is 73.5 Å². The fourth-order valence-electron chi connectivity index (χ4n) is 1.28. The summed E-state index contributed by atoms with van der Waals surface area (Å²) in [5, 5.41) is 3.55. The van der Waals surface area contributed by atoms with Crippen LogP contribution in [0.2, 0.25) is 0 Å². The predicted octanol–water partition coefficient (Wildman–Crippen LogP) is 1.40. The van der Waals surface area contributed by atoms with Gasteiger partial charge in [0.2, 0.25) is 0 Å². The van der Waals surface area contributed by atoms with E-state index < -0.39 is 0 Å². The van der Waals surface area contributed by atoms with Gasteiger partial charge in [0.1, 0.15) is 0 Å². The summed E-state index contributed by atoms with van der Waals surface area (Å²) in [7, 11) is 0. The molecule has 1 aliphatic rings. The van der Waals surface area contributed by atoms with Crippen molar-refractivity contribution in [2.75, 3.05) is 0 Å². The van der Waals surface area contributed by atoms with Crippen LogP contribution < -0.4 is 11.1 Å². The molecule has 0 radical (unpaired) electrons. The molecule has 1 saturated carbocycles. The van der Waals surface area contributed by atoms with Crippen molar-refractivity contribution >= 4 is 17.3 Å². The van der Waals surface area contributed by atoms with Crippen LogP contribution in [0.3, 0.4) is 0 Å². The highest BCUT2D eigenvalue weighted by molar-refractivity contribution is 7.80. The molecule has 0 bridgehead atoms. The summed E-state index contributed by atoms with van der Waals surface area (Å²) in [6.07, 6.45) is 5.16. The van der Waals surface area contributed by atoms with Crippen molar-refractivity contribution in [3.8, 4) is 0 Å². The first kappa shape index (κ1) is 8.78. The summed E-state index contributed by atoms with van der Waals surface area (Å²) in [6.45, 7) is 2.16. The van der Waals surface area contributed by atoms with Crippen molar-refractivity contribution in [2.45, 2.75) is 38.6 Å². The second kappa shape index (κ2) is 3.90. The van der Waals surface area contributed by atoms with Gasteiger partial charge in [0.25, 0.3) is 0 Å². The smallest absolute Gasteiger partial charge is 0.163 e. The molecule has 0 aromatic heterocycles. The van der Waals surface area contributed by atoms with E-state index in [0.29, 0.717) is 11.2 Å². The summed E-state index contributed by atoms with van der Waals surface area (Å²) >= 11 is 4.78. The van der Waals surface area contributed by atoms with E-state index in [1.54, 1.807) is 0 Å². The second-order valence-corrected chi connectivity index (χ2v) is 3.73. The molecular weight excluding hydrogens is 156 g/mol. The maximum absolute atomic E-state index is 5.39. The van der Waals surface area contributed by atoms with Gasteiger partial charge in [-0.2, -0.15) is 0 Å². The molecule has 1 aliphatic carbocycles. The molecule has 0 aromatic rings. The molecule has 0 spiro atoms. The molecule has 3 heteroatoms. The second-order valence-electron chi connectivity index (χ2n) is 3.29. The highest BCUT2D eigenvalue weighted by atomic mass is 32.1. The van der Waals surface area contributed by atoms with Gasteiger partial charge in [0.15, 0.2) is 5.11 Å². The Morgan fingerprint density at radius 1 is 1.73 bits per heavy atom. The topological polar surface area (TPSA) is 38.0 Å². The quantitative estimate of drug-likeness (QED) is 0.629. The van der Waals surface area contributed by atoms with Gasteiger partial charge in [-0.25, -0.2) is 0 Å². The maximum atomic E-state index is 5.39. The maximum Gasteiger partial charge on any atom is 0.163 e. The van der Waals surface area contributed by atoms with Crippen molar-refractivity contribution in [3.05, 3.63) is 0 Å². The van der Waals surface area contributed by atoms with E-state index in [-0.39, 0.29) is 0 Å². The summed E-state index contributed by atoms with van der Waals surface area (Å²) in [5.74, 6) is 0.946. The molecular formula is C8H16N2S. The Kier molecular flexibility index (Phi) is 3.12. The van der Waals surface area contributed by atoms with Crippen molar-refractivity contribution in [1.82, 2.24) is 5.32 Å². The van der Waals surface area contributed by atoms with E-state index in [0.717, 1.165) is 12.3 Å². The lowest BCUT2D eigenvalue weighted by Crippen LogP contribution is -2.38. The summed E-state index contributed by atoms with van der Waals surface area (Å²) in [4.78, 5) is 0. The van der Waals surface area contributed by atoms with E-state index in [1.807, 2.05) is 0 Å². The van der Waals surface area contributed by atoms with Gasteiger partial charge in [0, 0.05) is 6.04 Å². The largest absolute Gasteiger partial charge is 0.376 e. The molecule has 0 amide bonds. The Hall–Kier alpha value is -0.310. The van der Waals surface area contributed by atoms with Gasteiger partial charge in [-0.05, 0) is 31.0 Å². The molecule has 11 heavy (non-hydrogen) atoms. The molecule has 0 saturated heterocycles. The molecule has 1 fully saturated rings. The fourth-order valence-corrected chi connectivity index (χ4v) is 1.45. The SMILES string of the molecule is CCC(CC1CC1)NC(N)=S. The Bertz CT molecular complexity index is 143. The van der Waals surface area contributed by atoms with E-state index in [1.165, 1.54) is 19.3 Å². The van der Waals surface area contributed by atoms with Gasteiger partial charge >= 0.3 is 0 Å². The van der Waals surface area contributed by atoms with Crippen LogP contribution in [0.4, 0.5) is 0 Å². The van der Waals surface area contributed by atoms with Crippen LogP contribution in [0.1, 0.15) is 32.6 Å². The van der Waals surface area contributed by atoms with Gasteiger partial charge in [-0.1, -0.05) is 19.8 Å². The third kappa shape index (κ3) is 3.56. The standard InChI is InChI=1S/C8H16N2S/c1-2-7(10-8(9)11)5-6-3-4-6/h6-7H,2-5H2,1H3,(H3,9,10,11). The zero-order valence-electron chi connectivity index (χ0n) is 6.97. The van der Waals surface area contributed by atoms with Crippen molar-refractivity contribution < 1.29 is 0 Å². The molecule has 1 atom stereocenters. The zero-order chi connectivity index (χ0) is 8.27. The van der Waals surface area contributed by atoms with Crippen LogP contribution >= 0.6 is 12.2 Å². The molecule has 1 rings (SSSR count). The Morgan fingerprint density at radius 3 is 2.73 bits per heavy atom. The fraction of sp³-hybridized carbons (Fsp3) is 0.875.